The monoisotopic (exact) mass is 220 g/mol. The van der Waals surface area contributed by atoms with Gasteiger partial charge in [0.25, 0.3) is 5.91 Å². The maximum Gasteiger partial charge on any atom is 0.289 e. The van der Waals surface area contributed by atoms with Gasteiger partial charge in [0.15, 0.2) is 11.5 Å². The highest BCUT2D eigenvalue weighted by Gasteiger charge is 2.15. The van der Waals surface area contributed by atoms with E-state index in [1.165, 1.54) is 11.2 Å². The van der Waals surface area contributed by atoms with Crippen LogP contribution in [0.4, 0.5) is 0 Å². The molecule has 0 bridgehead atoms. The highest BCUT2D eigenvalue weighted by molar-refractivity contribution is 5.91. The number of furan rings is 1. The van der Waals surface area contributed by atoms with Crippen LogP contribution in [0.3, 0.4) is 0 Å². The van der Waals surface area contributed by atoms with E-state index in [2.05, 4.69) is 5.16 Å². The zero-order chi connectivity index (χ0) is 11.5. The first-order valence-corrected chi connectivity index (χ1v) is 4.88. The molecule has 0 aliphatic carbocycles. The lowest BCUT2D eigenvalue weighted by Crippen LogP contribution is -2.25. The summed E-state index contributed by atoms with van der Waals surface area (Å²) < 4.78 is 10.0. The predicted molar refractivity (Wildman–Crippen MR) is 55.7 cm³/mol. The fraction of sp³-hybridized carbons (Fsp3) is 0.273. The average Bonchev–Trinajstić information content (AvgIpc) is 2.88. The predicted octanol–water partition coefficient (Wildman–Crippen LogP) is 1.85. The molecule has 2 aromatic heterocycles. The Morgan fingerprint density at radius 2 is 2.38 bits per heavy atom. The molecule has 0 saturated heterocycles. The fourth-order valence-electron chi connectivity index (χ4n) is 1.38. The van der Waals surface area contributed by atoms with Crippen molar-refractivity contribution in [1.82, 2.24) is 10.1 Å². The first-order valence-electron chi connectivity index (χ1n) is 4.88. The van der Waals surface area contributed by atoms with Gasteiger partial charge in [-0.25, -0.2) is 0 Å². The molecule has 5 nitrogen and oxygen atoms in total. The molecule has 1 amide bonds. The van der Waals surface area contributed by atoms with Crippen LogP contribution in [0.15, 0.2) is 33.4 Å². The summed E-state index contributed by atoms with van der Waals surface area (Å²) in [5.41, 5.74) is 0.800. The van der Waals surface area contributed by atoms with Crippen LogP contribution < -0.4 is 0 Å². The van der Waals surface area contributed by atoms with E-state index in [1.54, 1.807) is 25.2 Å². The minimum absolute atomic E-state index is 0.181. The summed E-state index contributed by atoms with van der Waals surface area (Å²) in [6.45, 7) is 2.21. The molecule has 0 unspecified atom stereocenters. The maximum atomic E-state index is 11.8. The Bertz CT molecular complexity index is 473. The molecule has 2 heterocycles. The average molecular weight is 220 g/mol. The normalized spacial score (nSPS) is 10.4. The molecular formula is C11H12N2O3. The van der Waals surface area contributed by atoms with E-state index in [4.69, 9.17) is 8.94 Å². The van der Waals surface area contributed by atoms with Crippen LogP contribution in [-0.2, 0) is 6.54 Å². The number of aryl methyl sites for hydroxylation is 1. The van der Waals surface area contributed by atoms with E-state index in [9.17, 15) is 4.79 Å². The Kier molecular flexibility index (Phi) is 2.76. The molecule has 84 valence electrons. The van der Waals surface area contributed by atoms with E-state index in [1.807, 2.05) is 6.92 Å². The minimum atomic E-state index is -0.181. The fourth-order valence-corrected chi connectivity index (χ4v) is 1.38. The number of rotatable bonds is 3. The summed E-state index contributed by atoms with van der Waals surface area (Å²) in [7, 11) is 1.68. The Morgan fingerprint density at radius 1 is 1.56 bits per heavy atom. The topological polar surface area (TPSA) is 59.5 Å². The van der Waals surface area contributed by atoms with Crippen molar-refractivity contribution in [3.05, 3.63) is 41.7 Å². The van der Waals surface area contributed by atoms with Gasteiger partial charge in [0, 0.05) is 13.1 Å². The van der Waals surface area contributed by atoms with Crippen LogP contribution in [-0.4, -0.2) is 23.0 Å². The Labute approximate surface area is 92.6 Å². The first-order chi connectivity index (χ1) is 7.66. The largest absolute Gasteiger partial charge is 0.459 e. The highest BCUT2D eigenvalue weighted by Crippen LogP contribution is 2.09. The number of aromatic nitrogens is 1. The lowest BCUT2D eigenvalue weighted by atomic mass is 10.3. The third kappa shape index (κ3) is 2.13. The van der Waals surface area contributed by atoms with Gasteiger partial charge in [-0.1, -0.05) is 5.16 Å². The molecule has 0 aliphatic heterocycles. The van der Waals surface area contributed by atoms with Gasteiger partial charge in [0.1, 0.15) is 0 Å². The SMILES string of the molecule is Cc1cc(CN(C)C(=O)c2ccco2)on1. The van der Waals surface area contributed by atoms with Crippen molar-refractivity contribution in [2.45, 2.75) is 13.5 Å². The number of nitrogens with zero attached hydrogens (tertiary/aromatic N) is 2. The molecule has 0 radical (unpaired) electrons. The van der Waals surface area contributed by atoms with Gasteiger partial charge in [-0.3, -0.25) is 4.79 Å². The second-order valence-electron chi connectivity index (χ2n) is 3.57. The summed E-state index contributed by atoms with van der Waals surface area (Å²) in [6, 6.07) is 5.11. The first kappa shape index (κ1) is 10.5. The summed E-state index contributed by atoms with van der Waals surface area (Å²) in [6.07, 6.45) is 1.47. The van der Waals surface area contributed by atoms with Crippen LogP contribution in [0.25, 0.3) is 0 Å². The van der Waals surface area contributed by atoms with Crippen molar-refractivity contribution >= 4 is 5.91 Å². The Morgan fingerprint density at radius 3 is 2.94 bits per heavy atom. The molecule has 5 heteroatoms. The molecule has 0 aromatic carbocycles. The number of carbonyl (C=O) groups excluding carboxylic acids is 1. The summed E-state index contributed by atoms with van der Waals surface area (Å²) in [4.78, 5) is 13.3. The lowest BCUT2D eigenvalue weighted by Gasteiger charge is -2.12. The van der Waals surface area contributed by atoms with Gasteiger partial charge >= 0.3 is 0 Å². The van der Waals surface area contributed by atoms with Gasteiger partial charge in [-0.05, 0) is 19.1 Å². The molecule has 0 saturated carbocycles. The van der Waals surface area contributed by atoms with Crippen molar-refractivity contribution in [3.8, 4) is 0 Å². The standard InChI is InChI=1S/C11H12N2O3/c1-8-6-9(16-12-8)7-13(2)11(14)10-4-3-5-15-10/h3-6H,7H2,1-2H3. The zero-order valence-electron chi connectivity index (χ0n) is 9.14. The van der Waals surface area contributed by atoms with Crippen LogP contribution in [0.1, 0.15) is 22.0 Å². The molecule has 0 N–H and O–H groups in total. The molecule has 0 spiro atoms. The molecule has 2 aromatic rings. The van der Waals surface area contributed by atoms with Crippen molar-refractivity contribution in [3.63, 3.8) is 0 Å². The second-order valence-corrected chi connectivity index (χ2v) is 3.57. The van der Waals surface area contributed by atoms with E-state index >= 15 is 0 Å². The third-order valence-corrected chi connectivity index (χ3v) is 2.15. The summed E-state index contributed by atoms with van der Waals surface area (Å²) in [5, 5.41) is 3.76. The maximum absolute atomic E-state index is 11.8. The van der Waals surface area contributed by atoms with Crippen molar-refractivity contribution < 1.29 is 13.7 Å². The van der Waals surface area contributed by atoms with Crippen molar-refractivity contribution in [2.75, 3.05) is 7.05 Å². The van der Waals surface area contributed by atoms with Gasteiger partial charge < -0.3 is 13.8 Å². The quantitative estimate of drug-likeness (QED) is 0.792. The van der Waals surface area contributed by atoms with Gasteiger partial charge in [0.2, 0.25) is 0 Å². The van der Waals surface area contributed by atoms with Gasteiger partial charge in [-0.2, -0.15) is 0 Å². The van der Waals surface area contributed by atoms with Crippen molar-refractivity contribution in [2.24, 2.45) is 0 Å². The molecule has 0 aliphatic rings. The highest BCUT2D eigenvalue weighted by atomic mass is 16.5. The third-order valence-electron chi connectivity index (χ3n) is 2.15. The molecule has 2 rings (SSSR count). The van der Waals surface area contributed by atoms with E-state index in [-0.39, 0.29) is 5.91 Å². The van der Waals surface area contributed by atoms with Crippen LogP contribution >= 0.6 is 0 Å². The molecular weight excluding hydrogens is 208 g/mol. The second kappa shape index (κ2) is 4.22. The molecule has 0 fully saturated rings. The number of carbonyl (C=O) groups is 1. The van der Waals surface area contributed by atoms with Gasteiger partial charge in [-0.15, -0.1) is 0 Å². The minimum Gasteiger partial charge on any atom is -0.459 e. The van der Waals surface area contributed by atoms with Crippen molar-refractivity contribution in [1.29, 1.82) is 0 Å². The Hall–Kier alpha value is -2.04. The summed E-state index contributed by atoms with van der Waals surface area (Å²) >= 11 is 0. The Balaban J connectivity index is 2.03. The van der Waals surface area contributed by atoms with Gasteiger partial charge in [0.05, 0.1) is 18.5 Å². The number of amides is 1. The van der Waals surface area contributed by atoms with E-state index < -0.39 is 0 Å². The van der Waals surface area contributed by atoms with E-state index in [0.717, 1.165) is 5.69 Å². The number of hydrogen-bond acceptors (Lipinski definition) is 4. The molecule has 0 atom stereocenters. The molecule has 16 heavy (non-hydrogen) atoms. The lowest BCUT2D eigenvalue weighted by molar-refractivity contribution is 0.0740. The smallest absolute Gasteiger partial charge is 0.289 e. The van der Waals surface area contributed by atoms with Crippen LogP contribution in [0.2, 0.25) is 0 Å². The zero-order valence-corrected chi connectivity index (χ0v) is 9.14. The summed E-state index contributed by atoms with van der Waals surface area (Å²) in [5.74, 6) is 0.790. The van der Waals surface area contributed by atoms with Crippen LogP contribution in [0, 0.1) is 6.92 Å². The van der Waals surface area contributed by atoms with Crippen LogP contribution in [0.5, 0.6) is 0 Å². The number of hydrogen-bond donors (Lipinski definition) is 0. The van der Waals surface area contributed by atoms with E-state index in [0.29, 0.717) is 18.1 Å².